The van der Waals surface area contributed by atoms with Crippen molar-refractivity contribution in [1.29, 1.82) is 0 Å². The number of fused-ring (bicyclic) bond motifs is 1. The Morgan fingerprint density at radius 3 is 2.79 bits per heavy atom. The van der Waals surface area contributed by atoms with Crippen LogP contribution in [0.4, 0.5) is 14.7 Å². The predicted molar refractivity (Wildman–Crippen MR) is 63.2 cm³/mol. The molecule has 0 fully saturated rings. The number of pyridine rings is 1. The predicted octanol–water partition coefficient (Wildman–Crippen LogP) is 1.38. The minimum absolute atomic E-state index is 0.0453. The molecule has 3 aromatic heterocycles. The second-order valence-electron chi connectivity index (χ2n) is 3.84. The number of hydrogen-bond acceptors (Lipinski definition) is 5. The molecule has 19 heavy (non-hydrogen) atoms. The average Bonchev–Trinajstić information content (AvgIpc) is 2.82. The summed E-state index contributed by atoms with van der Waals surface area (Å²) in [6, 6.07) is 1.23. The molecule has 0 saturated carbocycles. The molecule has 3 heterocycles. The van der Waals surface area contributed by atoms with Crippen LogP contribution in [0.3, 0.4) is 0 Å². The standard InChI is InChI=1S/C11H8F2N6/c12-2-7-4-16-19-10(7)17-9(18-11(19)14)6-1-8(13)5-15-3-6/h1,3-5H,2H2,(H2,14,17,18). The lowest BCUT2D eigenvalue weighted by Gasteiger charge is -2.03. The zero-order valence-corrected chi connectivity index (χ0v) is 9.59. The van der Waals surface area contributed by atoms with E-state index in [9.17, 15) is 8.78 Å². The Labute approximate surface area is 105 Å². The summed E-state index contributed by atoms with van der Waals surface area (Å²) >= 11 is 0. The van der Waals surface area contributed by atoms with E-state index in [1.807, 2.05) is 0 Å². The number of nitrogen functional groups attached to an aromatic ring is 1. The van der Waals surface area contributed by atoms with Crippen molar-refractivity contribution < 1.29 is 8.78 Å². The van der Waals surface area contributed by atoms with Gasteiger partial charge in [-0.1, -0.05) is 0 Å². The van der Waals surface area contributed by atoms with E-state index in [1.54, 1.807) is 0 Å². The molecule has 0 saturated heterocycles. The van der Waals surface area contributed by atoms with Crippen LogP contribution < -0.4 is 5.73 Å². The number of alkyl halides is 1. The van der Waals surface area contributed by atoms with Gasteiger partial charge in [-0.25, -0.2) is 13.8 Å². The molecule has 0 aliphatic carbocycles. The van der Waals surface area contributed by atoms with Crippen LogP contribution in [0.2, 0.25) is 0 Å². The number of hydrogen-bond donors (Lipinski definition) is 1. The first-order valence-corrected chi connectivity index (χ1v) is 5.36. The summed E-state index contributed by atoms with van der Waals surface area (Å²) in [5.74, 6) is -0.296. The number of halogens is 2. The highest BCUT2D eigenvalue weighted by Crippen LogP contribution is 2.19. The normalized spacial score (nSPS) is 11.1. The van der Waals surface area contributed by atoms with Gasteiger partial charge in [0.15, 0.2) is 11.5 Å². The van der Waals surface area contributed by atoms with Gasteiger partial charge in [-0.3, -0.25) is 4.98 Å². The van der Waals surface area contributed by atoms with E-state index in [4.69, 9.17) is 5.73 Å². The maximum atomic E-state index is 13.1. The van der Waals surface area contributed by atoms with Gasteiger partial charge in [-0.05, 0) is 6.07 Å². The molecule has 0 aromatic carbocycles. The van der Waals surface area contributed by atoms with Crippen LogP contribution in [0.5, 0.6) is 0 Å². The summed E-state index contributed by atoms with van der Waals surface area (Å²) in [5, 5.41) is 3.88. The lowest BCUT2D eigenvalue weighted by atomic mass is 10.2. The van der Waals surface area contributed by atoms with Crippen LogP contribution in [0.15, 0.2) is 24.7 Å². The van der Waals surface area contributed by atoms with Crippen molar-refractivity contribution in [3.05, 3.63) is 36.0 Å². The molecule has 0 amide bonds. The fourth-order valence-corrected chi connectivity index (χ4v) is 1.70. The van der Waals surface area contributed by atoms with Crippen LogP contribution in [0.1, 0.15) is 5.56 Å². The molecule has 96 valence electrons. The molecule has 0 bridgehead atoms. The van der Waals surface area contributed by atoms with E-state index in [0.29, 0.717) is 11.1 Å². The lowest BCUT2D eigenvalue weighted by Crippen LogP contribution is -2.06. The third-order valence-electron chi connectivity index (χ3n) is 2.57. The van der Waals surface area contributed by atoms with Gasteiger partial charge in [0.05, 0.1) is 12.4 Å². The van der Waals surface area contributed by atoms with Gasteiger partial charge < -0.3 is 5.73 Å². The first kappa shape index (κ1) is 11.5. The molecule has 0 atom stereocenters. The highest BCUT2D eigenvalue weighted by atomic mass is 19.1. The molecule has 0 spiro atoms. The Hall–Kier alpha value is -2.64. The number of nitrogens with two attached hydrogens (primary N) is 1. The van der Waals surface area contributed by atoms with E-state index >= 15 is 0 Å². The van der Waals surface area contributed by atoms with E-state index in [1.165, 1.54) is 23.0 Å². The number of aromatic nitrogens is 5. The number of nitrogens with zero attached hydrogens (tertiary/aromatic N) is 5. The second kappa shape index (κ2) is 4.23. The van der Waals surface area contributed by atoms with Gasteiger partial charge in [-0.15, -0.1) is 0 Å². The summed E-state index contributed by atoms with van der Waals surface area (Å²) in [4.78, 5) is 11.8. The molecule has 8 heteroatoms. The number of rotatable bonds is 2. The largest absolute Gasteiger partial charge is 0.368 e. The van der Waals surface area contributed by atoms with Crippen molar-refractivity contribution in [3.63, 3.8) is 0 Å². The van der Waals surface area contributed by atoms with Crippen LogP contribution in [-0.4, -0.2) is 24.6 Å². The van der Waals surface area contributed by atoms with Gasteiger partial charge in [0.1, 0.15) is 12.5 Å². The number of anilines is 1. The van der Waals surface area contributed by atoms with E-state index in [2.05, 4.69) is 20.1 Å². The smallest absolute Gasteiger partial charge is 0.225 e. The maximum absolute atomic E-state index is 13.1. The molecule has 2 N–H and O–H groups in total. The van der Waals surface area contributed by atoms with Crippen LogP contribution in [-0.2, 0) is 6.67 Å². The lowest BCUT2D eigenvalue weighted by molar-refractivity contribution is 0.487. The molecule has 6 nitrogen and oxygen atoms in total. The fraction of sp³-hybridized carbons (Fsp3) is 0.0909. The van der Waals surface area contributed by atoms with Crippen LogP contribution >= 0.6 is 0 Å². The minimum atomic E-state index is -0.721. The van der Waals surface area contributed by atoms with Crippen molar-refractivity contribution in [1.82, 2.24) is 24.6 Å². The molecule has 3 aromatic rings. The van der Waals surface area contributed by atoms with E-state index in [0.717, 1.165) is 6.20 Å². The monoisotopic (exact) mass is 262 g/mol. The SMILES string of the molecule is Nc1nc(-c2cncc(F)c2)nc2c(CF)cnn12. The van der Waals surface area contributed by atoms with E-state index < -0.39 is 12.5 Å². The van der Waals surface area contributed by atoms with Gasteiger partial charge >= 0.3 is 0 Å². The zero-order chi connectivity index (χ0) is 13.4. The summed E-state index contributed by atoms with van der Waals surface area (Å²) < 4.78 is 27.1. The Kier molecular flexibility index (Phi) is 2.55. The van der Waals surface area contributed by atoms with Gasteiger partial charge in [0, 0.05) is 17.3 Å². The molecular weight excluding hydrogens is 254 g/mol. The topological polar surface area (TPSA) is 82.0 Å². The van der Waals surface area contributed by atoms with Crippen molar-refractivity contribution in [2.75, 3.05) is 5.73 Å². The summed E-state index contributed by atoms with van der Waals surface area (Å²) in [5.41, 5.74) is 6.62. The first-order chi connectivity index (χ1) is 9.19. The molecular formula is C11H8F2N6. The van der Waals surface area contributed by atoms with Crippen LogP contribution in [0, 0.1) is 5.82 Å². The minimum Gasteiger partial charge on any atom is -0.368 e. The Morgan fingerprint density at radius 1 is 1.21 bits per heavy atom. The third-order valence-corrected chi connectivity index (χ3v) is 2.57. The molecule has 0 unspecified atom stereocenters. The van der Waals surface area contributed by atoms with Gasteiger partial charge in [-0.2, -0.15) is 14.6 Å². The Bertz CT molecular complexity index is 754. The first-order valence-electron chi connectivity index (χ1n) is 5.36. The average molecular weight is 262 g/mol. The summed E-state index contributed by atoms with van der Waals surface area (Å²) in [7, 11) is 0. The van der Waals surface area contributed by atoms with Crippen molar-refractivity contribution >= 4 is 11.6 Å². The fourth-order valence-electron chi connectivity index (χ4n) is 1.70. The molecule has 3 rings (SSSR count). The maximum Gasteiger partial charge on any atom is 0.225 e. The van der Waals surface area contributed by atoms with Crippen molar-refractivity contribution in [2.45, 2.75) is 6.67 Å². The third kappa shape index (κ3) is 1.86. The van der Waals surface area contributed by atoms with Crippen molar-refractivity contribution in [2.24, 2.45) is 0 Å². The van der Waals surface area contributed by atoms with Crippen molar-refractivity contribution in [3.8, 4) is 11.4 Å². The summed E-state index contributed by atoms with van der Waals surface area (Å²) in [6.45, 7) is -0.721. The zero-order valence-electron chi connectivity index (χ0n) is 9.59. The van der Waals surface area contributed by atoms with Gasteiger partial charge in [0.2, 0.25) is 5.95 Å². The highest BCUT2D eigenvalue weighted by Gasteiger charge is 2.12. The highest BCUT2D eigenvalue weighted by molar-refractivity contribution is 5.60. The summed E-state index contributed by atoms with van der Waals surface area (Å²) in [6.07, 6.45) is 3.80. The second-order valence-corrected chi connectivity index (χ2v) is 3.84. The van der Waals surface area contributed by atoms with E-state index in [-0.39, 0.29) is 17.4 Å². The quantitative estimate of drug-likeness (QED) is 0.754. The molecule has 0 radical (unpaired) electrons. The molecule has 0 aliphatic heterocycles. The Morgan fingerprint density at radius 2 is 2.05 bits per heavy atom. The Balaban J connectivity index is 2.25. The van der Waals surface area contributed by atoms with Gasteiger partial charge in [0.25, 0.3) is 0 Å². The van der Waals surface area contributed by atoms with Crippen LogP contribution in [0.25, 0.3) is 17.0 Å². The molecule has 0 aliphatic rings.